The molecule has 0 aliphatic rings. The van der Waals surface area contributed by atoms with Crippen LogP contribution in [0.15, 0.2) is 55.4 Å². The molecule has 2 N–H and O–H groups in total. The number of benzene rings is 1. The Hall–Kier alpha value is -2.76. The molecule has 184 valence electrons. The molecule has 6 nitrogen and oxygen atoms in total. The van der Waals surface area contributed by atoms with Crippen LogP contribution in [0.1, 0.15) is 52.5 Å². The first-order valence-corrected chi connectivity index (χ1v) is 11.9. The van der Waals surface area contributed by atoms with Crippen LogP contribution in [0.4, 0.5) is 0 Å². The standard InChI is InChI=1S/C27H43N3O3/c1-9-20(5)24(26(31)30(7)25(19(3)4)27(32)33-8)29-21(6)16-17-23(28-10-2)18-22-14-12-11-13-15-22/h10-15,19-20,23-25,28-29H,2,6,9,16-18H2,1,3-5,7-8H3/t20-,23?,24?,25?/m0/s1. The summed E-state index contributed by atoms with van der Waals surface area (Å²) in [5, 5.41) is 6.70. The second-order valence-corrected chi connectivity index (χ2v) is 9.07. The van der Waals surface area contributed by atoms with Gasteiger partial charge in [0.15, 0.2) is 0 Å². The lowest BCUT2D eigenvalue weighted by Crippen LogP contribution is -2.54. The third-order valence-corrected chi connectivity index (χ3v) is 6.15. The van der Waals surface area contributed by atoms with Crippen molar-refractivity contribution in [3.63, 3.8) is 0 Å². The molecule has 0 saturated heterocycles. The van der Waals surface area contributed by atoms with Crippen LogP contribution >= 0.6 is 0 Å². The van der Waals surface area contributed by atoms with E-state index < -0.39 is 18.1 Å². The molecule has 0 bridgehead atoms. The van der Waals surface area contributed by atoms with Gasteiger partial charge in [-0.1, -0.05) is 77.6 Å². The fourth-order valence-electron chi connectivity index (χ4n) is 3.99. The van der Waals surface area contributed by atoms with Crippen molar-refractivity contribution >= 4 is 11.9 Å². The maximum atomic E-state index is 13.4. The van der Waals surface area contributed by atoms with Crippen molar-refractivity contribution in [2.45, 2.75) is 71.5 Å². The highest BCUT2D eigenvalue weighted by molar-refractivity contribution is 5.88. The summed E-state index contributed by atoms with van der Waals surface area (Å²) < 4.78 is 4.94. The van der Waals surface area contributed by atoms with Crippen LogP contribution < -0.4 is 10.6 Å². The number of hydrogen-bond donors (Lipinski definition) is 2. The number of hydrogen-bond acceptors (Lipinski definition) is 5. The summed E-state index contributed by atoms with van der Waals surface area (Å²) in [6.07, 6.45) is 4.99. The Kier molecular flexibility index (Phi) is 12.3. The van der Waals surface area contributed by atoms with Gasteiger partial charge >= 0.3 is 5.97 Å². The van der Waals surface area contributed by atoms with Crippen LogP contribution in [0, 0.1) is 11.8 Å². The lowest BCUT2D eigenvalue weighted by Gasteiger charge is -2.34. The molecule has 6 heteroatoms. The van der Waals surface area contributed by atoms with E-state index in [2.05, 4.69) is 42.8 Å². The molecule has 0 aliphatic carbocycles. The van der Waals surface area contributed by atoms with Gasteiger partial charge in [0.05, 0.1) is 7.11 Å². The van der Waals surface area contributed by atoms with E-state index in [0.29, 0.717) is 6.42 Å². The number of carbonyl (C=O) groups is 2. The molecule has 33 heavy (non-hydrogen) atoms. The Morgan fingerprint density at radius 1 is 1.18 bits per heavy atom. The van der Waals surface area contributed by atoms with Crippen LogP contribution in [0.5, 0.6) is 0 Å². The monoisotopic (exact) mass is 457 g/mol. The lowest BCUT2D eigenvalue weighted by atomic mass is 9.94. The van der Waals surface area contributed by atoms with Crippen molar-refractivity contribution < 1.29 is 14.3 Å². The fourth-order valence-corrected chi connectivity index (χ4v) is 3.99. The van der Waals surface area contributed by atoms with Gasteiger partial charge in [0.25, 0.3) is 0 Å². The molecule has 0 fully saturated rings. The van der Waals surface area contributed by atoms with E-state index in [1.807, 2.05) is 39.0 Å². The maximum Gasteiger partial charge on any atom is 0.328 e. The Labute approximate surface area is 200 Å². The molecule has 0 spiro atoms. The highest BCUT2D eigenvalue weighted by atomic mass is 16.5. The van der Waals surface area contributed by atoms with Gasteiger partial charge in [0, 0.05) is 18.8 Å². The predicted molar refractivity (Wildman–Crippen MR) is 135 cm³/mol. The van der Waals surface area contributed by atoms with Gasteiger partial charge in [-0.05, 0) is 42.9 Å². The van der Waals surface area contributed by atoms with Crippen molar-refractivity contribution in [2.24, 2.45) is 11.8 Å². The molecule has 3 unspecified atom stereocenters. The first kappa shape index (κ1) is 28.3. The quantitative estimate of drug-likeness (QED) is 0.385. The molecule has 1 aromatic rings. The third-order valence-electron chi connectivity index (χ3n) is 6.15. The van der Waals surface area contributed by atoms with E-state index in [0.717, 1.165) is 25.0 Å². The average Bonchev–Trinajstić information content (AvgIpc) is 2.80. The zero-order valence-electron chi connectivity index (χ0n) is 21.3. The Bertz CT molecular complexity index is 763. The molecule has 1 aromatic carbocycles. The van der Waals surface area contributed by atoms with Gasteiger partial charge in [-0.2, -0.15) is 0 Å². The van der Waals surface area contributed by atoms with E-state index in [4.69, 9.17) is 4.74 Å². The number of carbonyl (C=O) groups excluding carboxylic acids is 2. The SMILES string of the molecule is C=CNC(CCC(=C)NC(C(=O)N(C)C(C(=O)OC)C(C)C)[C@@H](C)CC)Cc1ccccc1. The summed E-state index contributed by atoms with van der Waals surface area (Å²) in [6, 6.07) is 9.45. The highest BCUT2D eigenvalue weighted by Gasteiger charge is 2.35. The van der Waals surface area contributed by atoms with Crippen LogP contribution in [-0.4, -0.2) is 49.1 Å². The number of ether oxygens (including phenoxy) is 1. The zero-order chi connectivity index (χ0) is 25.0. The summed E-state index contributed by atoms with van der Waals surface area (Å²) in [4.78, 5) is 27.2. The van der Waals surface area contributed by atoms with Crippen LogP contribution in [0.25, 0.3) is 0 Å². The number of nitrogens with one attached hydrogen (secondary N) is 2. The number of rotatable bonds is 15. The minimum atomic E-state index is -0.629. The molecule has 1 amide bonds. The van der Waals surface area contributed by atoms with Gasteiger partial charge in [-0.15, -0.1) is 0 Å². The molecular weight excluding hydrogens is 414 g/mol. The average molecular weight is 458 g/mol. The summed E-state index contributed by atoms with van der Waals surface area (Å²) in [5.74, 6) is -0.508. The molecular formula is C27H43N3O3. The zero-order valence-corrected chi connectivity index (χ0v) is 21.3. The Balaban J connectivity index is 2.86. The Morgan fingerprint density at radius 3 is 2.33 bits per heavy atom. The van der Waals surface area contributed by atoms with Crippen LogP contribution in [0.2, 0.25) is 0 Å². The van der Waals surface area contributed by atoms with Gasteiger partial charge in [-0.3, -0.25) is 4.79 Å². The van der Waals surface area contributed by atoms with Crippen molar-refractivity contribution in [2.75, 3.05) is 14.2 Å². The molecule has 0 radical (unpaired) electrons. The van der Waals surface area contributed by atoms with Crippen LogP contribution in [-0.2, 0) is 20.7 Å². The Morgan fingerprint density at radius 2 is 1.82 bits per heavy atom. The topological polar surface area (TPSA) is 70.7 Å². The summed E-state index contributed by atoms with van der Waals surface area (Å²) >= 11 is 0. The van der Waals surface area contributed by atoms with E-state index in [1.54, 1.807) is 13.2 Å². The van der Waals surface area contributed by atoms with Crippen molar-refractivity contribution in [1.82, 2.24) is 15.5 Å². The van der Waals surface area contributed by atoms with Crippen molar-refractivity contribution in [1.29, 1.82) is 0 Å². The maximum absolute atomic E-state index is 13.4. The molecule has 0 heterocycles. The number of nitrogens with zero attached hydrogens (tertiary/aromatic N) is 1. The lowest BCUT2D eigenvalue weighted by molar-refractivity contribution is -0.154. The smallest absolute Gasteiger partial charge is 0.328 e. The van der Waals surface area contributed by atoms with Crippen LogP contribution in [0.3, 0.4) is 0 Å². The molecule has 0 aliphatic heterocycles. The second-order valence-electron chi connectivity index (χ2n) is 9.07. The highest BCUT2D eigenvalue weighted by Crippen LogP contribution is 2.19. The summed E-state index contributed by atoms with van der Waals surface area (Å²) in [6.45, 7) is 15.9. The number of methoxy groups -OCH3 is 1. The molecule has 0 aromatic heterocycles. The normalized spacial score (nSPS) is 14.5. The van der Waals surface area contributed by atoms with E-state index in [1.165, 1.54) is 17.6 Å². The molecule has 4 atom stereocenters. The van der Waals surface area contributed by atoms with Crippen molar-refractivity contribution in [3.8, 4) is 0 Å². The van der Waals surface area contributed by atoms with Gasteiger partial charge in [0.2, 0.25) is 5.91 Å². The number of allylic oxidation sites excluding steroid dienone is 1. The second kappa shape index (κ2) is 14.4. The number of amides is 1. The molecule has 1 rings (SSSR count). The van der Waals surface area contributed by atoms with E-state index in [-0.39, 0.29) is 23.8 Å². The minimum absolute atomic E-state index is 0.0593. The largest absolute Gasteiger partial charge is 0.467 e. The predicted octanol–water partition coefficient (Wildman–Crippen LogP) is 4.29. The first-order chi connectivity index (χ1) is 15.7. The van der Waals surface area contributed by atoms with Crippen molar-refractivity contribution in [3.05, 3.63) is 61.0 Å². The van der Waals surface area contributed by atoms with E-state index >= 15 is 0 Å². The molecule has 0 saturated carbocycles. The summed E-state index contributed by atoms with van der Waals surface area (Å²) in [7, 11) is 3.03. The van der Waals surface area contributed by atoms with Gasteiger partial charge < -0.3 is 20.3 Å². The first-order valence-electron chi connectivity index (χ1n) is 11.9. The van der Waals surface area contributed by atoms with Gasteiger partial charge in [-0.25, -0.2) is 4.79 Å². The van der Waals surface area contributed by atoms with E-state index in [9.17, 15) is 9.59 Å². The van der Waals surface area contributed by atoms with Gasteiger partial charge in [0.1, 0.15) is 12.1 Å². The third kappa shape index (κ3) is 8.95. The fraction of sp³-hybridized carbons (Fsp3) is 0.556. The number of likely N-dealkylation sites (N-methyl/N-ethyl adjacent to an activating group) is 1. The minimum Gasteiger partial charge on any atom is -0.467 e. The summed E-state index contributed by atoms with van der Waals surface area (Å²) in [5.41, 5.74) is 2.07. The number of esters is 1.